The molecule has 4 nitrogen and oxygen atoms in total. The molecule has 1 aromatic carbocycles. The summed E-state index contributed by atoms with van der Waals surface area (Å²) >= 11 is 0. The van der Waals surface area contributed by atoms with E-state index >= 15 is 0 Å². The van der Waals surface area contributed by atoms with Crippen molar-refractivity contribution in [2.75, 3.05) is 27.9 Å². The van der Waals surface area contributed by atoms with Gasteiger partial charge in [-0.15, -0.1) is 0 Å². The van der Waals surface area contributed by atoms with Gasteiger partial charge in [-0.25, -0.2) is 0 Å². The molecule has 0 spiro atoms. The first-order chi connectivity index (χ1) is 9.15. The maximum absolute atomic E-state index is 6.01. The predicted molar refractivity (Wildman–Crippen MR) is 77.1 cm³/mol. The molecule has 1 atom stereocenters. The van der Waals surface area contributed by atoms with Gasteiger partial charge in [0.2, 0.25) is 0 Å². The molecule has 0 radical (unpaired) electrons. The molecular formula is C15H25NO3. The smallest absolute Gasteiger partial charge is 0.122 e. The van der Waals surface area contributed by atoms with Crippen LogP contribution in [0.3, 0.4) is 0 Å². The summed E-state index contributed by atoms with van der Waals surface area (Å²) in [5, 5.41) is 0. The maximum Gasteiger partial charge on any atom is 0.122 e. The van der Waals surface area contributed by atoms with Crippen LogP contribution in [0.15, 0.2) is 12.1 Å². The molecule has 0 aliphatic carbocycles. The average molecular weight is 267 g/mol. The number of methoxy groups -OCH3 is 3. The number of hydrogen-bond donors (Lipinski definition) is 1. The Hall–Kier alpha value is -1.26. The van der Waals surface area contributed by atoms with Crippen molar-refractivity contribution >= 4 is 0 Å². The minimum atomic E-state index is -0.0411. The zero-order valence-electron chi connectivity index (χ0n) is 12.4. The van der Waals surface area contributed by atoms with Crippen molar-refractivity contribution < 1.29 is 14.2 Å². The molecular weight excluding hydrogens is 242 g/mol. The summed E-state index contributed by atoms with van der Waals surface area (Å²) in [6.45, 7) is 2.68. The fraction of sp³-hybridized carbons (Fsp3) is 0.600. The van der Waals surface area contributed by atoms with Crippen molar-refractivity contribution in [2.45, 2.75) is 32.2 Å². The standard InChI is InChI=1S/C15H25NO3/c1-5-6-11-8-15(19-4)12(9-14(11)18-3)7-13(16)10-17-2/h8-9,13H,5-7,10,16H2,1-4H3. The summed E-state index contributed by atoms with van der Waals surface area (Å²) in [4.78, 5) is 0. The lowest BCUT2D eigenvalue weighted by molar-refractivity contribution is 0.179. The molecule has 0 heterocycles. The Bertz CT molecular complexity index is 393. The van der Waals surface area contributed by atoms with Crippen LogP contribution in [-0.4, -0.2) is 34.0 Å². The molecule has 0 bridgehead atoms. The Labute approximate surface area is 115 Å². The first-order valence-corrected chi connectivity index (χ1v) is 6.64. The van der Waals surface area contributed by atoms with E-state index in [0.29, 0.717) is 13.0 Å². The zero-order chi connectivity index (χ0) is 14.3. The topological polar surface area (TPSA) is 53.7 Å². The van der Waals surface area contributed by atoms with E-state index in [1.807, 2.05) is 6.07 Å². The van der Waals surface area contributed by atoms with Gasteiger partial charge >= 0.3 is 0 Å². The van der Waals surface area contributed by atoms with Gasteiger partial charge in [-0.3, -0.25) is 0 Å². The summed E-state index contributed by atoms with van der Waals surface area (Å²) < 4.78 is 16.0. The van der Waals surface area contributed by atoms with Crippen molar-refractivity contribution in [3.63, 3.8) is 0 Å². The van der Waals surface area contributed by atoms with Gasteiger partial charge in [-0.1, -0.05) is 13.3 Å². The lowest BCUT2D eigenvalue weighted by Crippen LogP contribution is -2.28. The molecule has 0 amide bonds. The number of nitrogens with two attached hydrogens (primary N) is 1. The Morgan fingerprint density at radius 1 is 1.05 bits per heavy atom. The van der Waals surface area contributed by atoms with E-state index in [2.05, 4.69) is 13.0 Å². The van der Waals surface area contributed by atoms with Crippen LogP contribution in [-0.2, 0) is 17.6 Å². The van der Waals surface area contributed by atoms with Crippen LogP contribution in [0, 0.1) is 0 Å². The van der Waals surface area contributed by atoms with E-state index in [1.165, 1.54) is 5.56 Å². The Balaban J connectivity index is 3.02. The number of aryl methyl sites for hydroxylation is 1. The summed E-state index contributed by atoms with van der Waals surface area (Å²) in [6.07, 6.45) is 2.76. The van der Waals surface area contributed by atoms with Gasteiger partial charge in [0.25, 0.3) is 0 Å². The van der Waals surface area contributed by atoms with Crippen LogP contribution in [0.25, 0.3) is 0 Å². The SMILES string of the molecule is CCCc1cc(OC)c(CC(N)COC)cc1OC. The monoisotopic (exact) mass is 267 g/mol. The third kappa shape index (κ3) is 4.40. The summed E-state index contributed by atoms with van der Waals surface area (Å²) in [7, 11) is 5.03. The fourth-order valence-corrected chi connectivity index (χ4v) is 2.20. The summed E-state index contributed by atoms with van der Waals surface area (Å²) in [5.74, 6) is 1.78. The fourth-order valence-electron chi connectivity index (χ4n) is 2.20. The van der Waals surface area contributed by atoms with Crippen molar-refractivity contribution in [1.29, 1.82) is 0 Å². The molecule has 1 unspecified atom stereocenters. The van der Waals surface area contributed by atoms with E-state index in [4.69, 9.17) is 19.9 Å². The Morgan fingerprint density at radius 3 is 2.16 bits per heavy atom. The van der Waals surface area contributed by atoms with Gasteiger partial charge < -0.3 is 19.9 Å². The first kappa shape index (κ1) is 15.8. The number of rotatable bonds is 8. The van der Waals surface area contributed by atoms with E-state index in [9.17, 15) is 0 Å². The molecule has 4 heteroatoms. The first-order valence-electron chi connectivity index (χ1n) is 6.64. The molecule has 0 saturated heterocycles. The highest BCUT2D eigenvalue weighted by Gasteiger charge is 2.13. The van der Waals surface area contributed by atoms with Gasteiger partial charge in [0.05, 0.1) is 20.8 Å². The number of hydrogen-bond acceptors (Lipinski definition) is 4. The van der Waals surface area contributed by atoms with Crippen molar-refractivity contribution in [2.24, 2.45) is 5.73 Å². The normalized spacial score (nSPS) is 12.3. The molecule has 2 N–H and O–H groups in total. The Kier molecular flexibility index (Phi) is 6.67. The van der Waals surface area contributed by atoms with Crippen molar-refractivity contribution in [3.05, 3.63) is 23.3 Å². The lowest BCUT2D eigenvalue weighted by atomic mass is 10.0. The second-order valence-corrected chi connectivity index (χ2v) is 4.65. The zero-order valence-corrected chi connectivity index (χ0v) is 12.4. The molecule has 1 rings (SSSR count). The molecule has 0 aromatic heterocycles. The van der Waals surface area contributed by atoms with E-state index in [-0.39, 0.29) is 6.04 Å². The van der Waals surface area contributed by atoms with Crippen LogP contribution in [0.5, 0.6) is 11.5 Å². The second kappa shape index (κ2) is 8.02. The van der Waals surface area contributed by atoms with Crippen LogP contribution in [0.1, 0.15) is 24.5 Å². The minimum absolute atomic E-state index is 0.0411. The molecule has 0 fully saturated rings. The molecule has 0 saturated carbocycles. The lowest BCUT2D eigenvalue weighted by Gasteiger charge is -2.17. The highest BCUT2D eigenvalue weighted by atomic mass is 16.5. The maximum atomic E-state index is 6.01. The molecule has 19 heavy (non-hydrogen) atoms. The third-order valence-electron chi connectivity index (χ3n) is 3.07. The van der Waals surface area contributed by atoms with E-state index in [0.717, 1.165) is 29.9 Å². The van der Waals surface area contributed by atoms with Gasteiger partial charge in [0.1, 0.15) is 11.5 Å². The van der Waals surface area contributed by atoms with E-state index < -0.39 is 0 Å². The molecule has 0 aliphatic rings. The summed E-state index contributed by atoms with van der Waals surface area (Å²) in [5.41, 5.74) is 8.24. The van der Waals surface area contributed by atoms with Gasteiger partial charge in [0, 0.05) is 13.2 Å². The average Bonchev–Trinajstić information content (AvgIpc) is 2.40. The third-order valence-corrected chi connectivity index (χ3v) is 3.07. The minimum Gasteiger partial charge on any atom is -0.496 e. The number of benzene rings is 1. The Morgan fingerprint density at radius 2 is 1.63 bits per heavy atom. The molecule has 0 aliphatic heterocycles. The summed E-state index contributed by atoms with van der Waals surface area (Å²) in [6, 6.07) is 4.04. The highest BCUT2D eigenvalue weighted by molar-refractivity contribution is 5.47. The van der Waals surface area contributed by atoms with Crippen LogP contribution in [0.4, 0.5) is 0 Å². The van der Waals surface area contributed by atoms with Crippen LogP contribution < -0.4 is 15.2 Å². The van der Waals surface area contributed by atoms with Crippen molar-refractivity contribution in [1.82, 2.24) is 0 Å². The van der Waals surface area contributed by atoms with Gasteiger partial charge in [-0.05, 0) is 36.1 Å². The van der Waals surface area contributed by atoms with Gasteiger partial charge in [-0.2, -0.15) is 0 Å². The van der Waals surface area contributed by atoms with Crippen LogP contribution in [0.2, 0.25) is 0 Å². The number of ether oxygens (including phenoxy) is 3. The second-order valence-electron chi connectivity index (χ2n) is 4.65. The largest absolute Gasteiger partial charge is 0.496 e. The van der Waals surface area contributed by atoms with Gasteiger partial charge in [0.15, 0.2) is 0 Å². The molecule has 108 valence electrons. The molecule has 1 aromatic rings. The van der Waals surface area contributed by atoms with E-state index in [1.54, 1.807) is 21.3 Å². The quantitative estimate of drug-likeness (QED) is 0.784. The predicted octanol–water partition coefficient (Wildman–Crippen LogP) is 2.17. The van der Waals surface area contributed by atoms with Crippen LogP contribution >= 0.6 is 0 Å². The van der Waals surface area contributed by atoms with Crippen molar-refractivity contribution in [3.8, 4) is 11.5 Å². The highest BCUT2D eigenvalue weighted by Crippen LogP contribution is 2.30.